The molecule has 7 nitrogen and oxygen atoms in total. The summed E-state index contributed by atoms with van der Waals surface area (Å²) in [6.45, 7) is 4.99. The quantitative estimate of drug-likeness (QED) is 0.482. The van der Waals surface area contributed by atoms with Gasteiger partial charge in [-0.15, -0.1) is 6.58 Å². The third kappa shape index (κ3) is 6.76. The van der Waals surface area contributed by atoms with Crippen molar-refractivity contribution in [1.82, 2.24) is 0 Å². The molecular weight excluding hydrogens is 328 g/mol. The molecule has 0 aliphatic rings. The van der Waals surface area contributed by atoms with Crippen LogP contribution in [0, 0.1) is 0 Å². The van der Waals surface area contributed by atoms with E-state index in [9.17, 15) is 14.4 Å². The van der Waals surface area contributed by atoms with Gasteiger partial charge in [0.2, 0.25) is 0 Å². The van der Waals surface area contributed by atoms with Crippen LogP contribution in [0.2, 0.25) is 0 Å². The topological polar surface area (TPSA) is 99.1 Å². The summed E-state index contributed by atoms with van der Waals surface area (Å²) in [5, 5.41) is 9.16. The first-order chi connectivity index (χ1) is 11.9. The molecule has 0 spiro atoms. The van der Waals surface area contributed by atoms with Crippen molar-refractivity contribution in [1.29, 1.82) is 0 Å². The van der Waals surface area contributed by atoms with E-state index in [2.05, 4.69) is 6.58 Å². The Kier molecular flexibility index (Phi) is 8.35. The van der Waals surface area contributed by atoms with Crippen LogP contribution in [0.15, 0.2) is 43.0 Å². The fourth-order valence-electron chi connectivity index (χ4n) is 2.13. The van der Waals surface area contributed by atoms with Crippen LogP contribution in [0.3, 0.4) is 0 Å². The minimum atomic E-state index is -1.97. The molecule has 0 radical (unpaired) electrons. The lowest BCUT2D eigenvalue weighted by Gasteiger charge is -2.29. The molecule has 25 heavy (non-hydrogen) atoms. The van der Waals surface area contributed by atoms with Crippen molar-refractivity contribution in [2.75, 3.05) is 13.2 Å². The minimum absolute atomic E-state index is 0.0681. The SMILES string of the molecule is C=CCOC(CC(=O)O)(CC(=O)OCC)C(=O)OCc1ccccc1. The molecule has 0 aliphatic carbocycles. The predicted octanol–water partition coefficient (Wildman–Crippen LogP) is 2.10. The number of aliphatic carboxylic acids is 1. The molecule has 7 heteroatoms. The van der Waals surface area contributed by atoms with Gasteiger partial charge in [-0.05, 0) is 12.5 Å². The second-order valence-electron chi connectivity index (χ2n) is 5.21. The van der Waals surface area contributed by atoms with Crippen molar-refractivity contribution in [2.24, 2.45) is 0 Å². The summed E-state index contributed by atoms with van der Waals surface area (Å²) >= 11 is 0. The fraction of sp³-hybridized carbons (Fsp3) is 0.389. The number of benzene rings is 1. The number of carboxylic acids is 1. The molecule has 0 fully saturated rings. The van der Waals surface area contributed by atoms with Crippen molar-refractivity contribution in [2.45, 2.75) is 32.0 Å². The van der Waals surface area contributed by atoms with Gasteiger partial charge in [-0.3, -0.25) is 9.59 Å². The zero-order valence-electron chi connectivity index (χ0n) is 14.1. The Labute approximate surface area is 146 Å². The molecule has 0 amide bonds. The summed E-state index contributed by atoms with van der Waals surface area (Å²) in [5.74, 6) is -2.98. The maximum Gasteiger partial charge on any atom is 0.339 e. The molecule has 0 bridgehead atoms. The van der Waals surface area contributed by atoms with Crippen LogP contribution in [0.4, 0.5) is 0 Å². The van der Waals surface area contributed by atoms with E-state index in [1.807, 2.05) is 6.07 Å². The van der Waals surface area contributed by atoms with Crippen molar-refractivity contribution >= 4 is 17.9 Å². The van der Waals surface area contributed by atoms with E-state index in [1.165, 1.54) is 6.08 Å². The van der Waals surface area contributed by atoms with Crippen LogP contribution >= 0.6 is 0 Å². The summed E-state index contributed by atoms with van der Waals surface area (Å²) < 4.78 is 15.4. The lowest BCUT2D eigenvalue weighted by atomic mass is 9.95. The molecule has 1 aromatic rings. The zero-order valence-corrected chi connectivity index (χ0v) is 14.1. The molecule has 136 valence electrons. The van der Waals surface area contributed by atoms with Crippen LogP contribution in [0.25, 0.3) is 0 Å². The number of rotatable bonds is 11. The summed E-state index contributed by atoms with van der Waals surface area (Å²) in [5.41, 5.74) is -1.25. The smallest absolute Gasteiger partial charge is 0.339 e. The minimum Gasteiger partial charge on any atom is -0.481 e. The second kappa shape index (κ2) is 10.2. The van der Waals surface area contributed by atoms with Crippen LogP contribution in [0.5, 0.6) is 0 Å². The Morgan fingerprint density at radius 1 is 1.16 bits per heavy atom. The Hall–Kier alpha value is -2.67. The molecule has 1 atom stereocenters. The number of carbonyl (C=O) groups excluding carboxylic acids is 2. The van der Waals surface area contributed by atoms with E-state index >= 15 is 0 Å². The number of ether oxygens (including phenoxy) is 3. The average Bonchev–Trinajstić information content (AvgIpc) is 2.58. The van der Waals surface area contributed by atoms with E-state index in [0.717, 1.165) is 5.56 Å². The Balaban J connectivity index is 2.98. The number of carboxylic acid groups (broad SMARTS) is 1. The highest BCUT2D eigenvalue weighted by Crippen LogP contribution is 2.25. The van der Waals surface area contributed by atoms with Gasteiger partial charge in [0.15, 0.2) is 5.60 Å². The first-order valence-electron chi connectivity index (χ1n) is 7.77. The Morgan fingerprint density at radius 3 is 2.40 bits per heavy atom. The second-order valence-corrected chi connectivity index (χ2v) is 5.21. The van der Waals surface area contributed by atoms with Crippen molar-refractivity contribution < 1.29 is 33.7 Å². The van der Waals surface area contributed by atoms with Gasteiger partial charge in [0, 0.05) is 0 Å². The van der Waals surface area contributed by atoms with E-state index in [0.29, 0.717) is 0 Å². The van der Waals surface area contributed by atoms with E-state index in [-0.39, 0.29) is 19.8 Å². The third-order valence-electron chi connectivity index (χ3n) is 3.23. The maximum absolute atomic E-state index is 12.6. The number of esters is 2. The van der Waals surface area contributed by atoms with Gasteiger partial charge in [0.1, 0.15) is 6.61 Å². The van der Waals surface area contributed by atoms with Crippen molar-refractivity contribution in [3.63, 3.8) is 0 Å². The largest absolute Gasteiger partial charge is 0.481 e. The van der Waals surface area contributed by atoms with E-state index in [4.69, 9.17) is 19.3 Å². The average molecular weight is 350 g/mol. The molecule has 1 aromatic carbocycles. The highest BCUT2D eigenvalue weighted by molar-refractivity contribution is 5.90. The highest BCUT2D eigenvalue weighted by Gasteiger charge is 2.46. The molecule has 1 rings (SSSR count). The van der Waals surface area contributed by atoms with Crippen LogP contribution in [-0.2, 0) is 35.2 Å². The van der Waals surface area contributed by atoms with E-state index in [1.54, 1.807) is 31.2 Å². The van der Waals surface area contributed by atoms with Gasteiger partial charge in [0.05, 0.1) is 26.1 Å². The summed E-state index contributed by atoms with van der Waals surface area (Å²) in [4.78, 5) is 35.7. The first-order valence-corrected chi connectivity index (χ1v) is 7.77. The number of hydrogen-bond acceptors (Lipinski definition) is 6. The van der Waals surface area contributed by atoms with Gasteiger partial charge < -0.3 is 19.3 Å². The summed E-state index contributed by atoms with van der Waals surface area (Å²) in [6.07, 6.45) is 0.0636. The highest BCUT2D eigenvalue weighted by atomic mass is 16.6. The molecule has 0 aromatic heterocycles. The van der Waals surface area contributed by atoms with Crippen LogP contribution in [-0.4, -0.2) is 41.8 Å². The molecule has 0 saturated carbocycles. The molecular formula is C18H22O7. The monoisotopic (exact) mass is 350 g/mol. The van der Waals surface area contributed by atoms with Gasteiger partial charge in [0.25, 0.3) is 0 Å². The van der Waals surface area contributed by atoms with Gasteiger partial charge in [-0.2, -0.15) is 0 Å². The maximum atomic E-state index is 12.6. The normalized spacial score (nSPS) is 12.7. The van der Waals surface area contributed by atoms with Gasteiger partial charge in [-0.25, -0.2) is 4.79 Å². The first kappa shape index (κ1) is 20.4. The lowest BCUT2D eigenvalue weighted by molar-refractivity contribution is -0.184. The molecule has 0 aliphatic heterocycles. The molecule has 0 heterocycles. The summed E-state index contributed by atoms with van der Waals surface area (Å²) in [6, 6.07) is 8.87. The molecule has 1 unspecified atom stereocenters. The number of hydrogen-bond donors (Lipinski definition) is 1. The standard InChI is InChI=1S/C18H22O7/c1-3-10-25-18(11-15(19)20,12-16(21)23-4-2)17(22)24-13-14-8-6-5-7-9-14/h3,5-9H,1,4,10-13H2,2H3,(H,19,20). The Bertz CT molecular complexity index is 597. The van der Waals surface area contributed by atoms with Gasteiger partial charge >= 0.3 is 17.9 Å². The zero-order chi connectivity index (χ0) is 18.7. The number of carbonyl (C=O) groups is 3. The molecule has 0 saturated heterocycles. The van der Waals surface area contributed by atoms with Gasteiger partial charge in [-0.1, -0.05) is 36.4 Å². The summed E-state index contributed by atoms with van der Waals surface area (Å²) in [7, 11) is 0. The van der Waals surface area contributed by atoms with Crippen LogP contribution in [0.1, 0.15) is 25.3 Å². The third-order valence-corrected chi connectivity index (χ3v) is 3.23. The predicted molar refractivity (Wildman–Crippen MR) is 88.6 cm³/mol. The van der Waals surface area contributed by atoms with Crippen molar-refractivity contribution in [3.05, 3.63) is 48.6 Å². The molecule has 1 N–H and O–H groups in total. The Morgan fingerprint density at radius 2 is 1.84 bits per heavy atom. The van der Waals surface area contributed by atoms with E-state index < -0.39 is 36.4 Å². The lowest BCUT2D eigenvalue weighted by Crippen LogP contribution is -2.47. The van der Waals surface area contributed by atoms with Crippen LogP contribution < -0.4 is 0 Å². The van der Waals surface area contributed by atoms with Crippen molar-refractivity contribution in [3.8, 4) is 0 Å². The fourth-order valence-corrected chi connectivity index (χ4v) is 2.13.